The molecule has 0 aromatic rings. The zero-order chi connectivity index (χ0) is 6.12. The third-order valence-electron chi connectivity index (χ3n) is 0.236. The molecule has 0 spiro atoms. The lowest BCUT2D eigenvalue weighted by Crippen LogP contribution is -1.36. The lowest BCUT2D eigenvalue weighted by molar-refractivity contribution is 1.50. The Balaban J connectivity index is 0. The van der Waals surface area contributed by atoms with Crippen LogP contribution in [0, 0.1) is 13.0 Å². The smallest absolute Gasteiger partial charge is 0.0233 e. The molecule has 0 saturated heterocycles. The van der Waals surface area contributed by atoms with Crippen LogP contribution in [0.5, 0.6) is 0 Å². The molecule has 0 rings (SSSR count). The van der Waals surface area contributed by atoms with E-state index in [0.717, 1.165) is 0 Å². The first-order valence-electron chi connectivity index (χ1n) is 2.39. The molecule has 0 amide bonds. The van der Waals surface area contributed by atoms with Crippen LogP contribution in [0.2, 0.25) is 0 Å². The highest BCUT2D eigenvalue weighted by atomic mass is 13.5. The Bertz CT molecular complexity index is 42.0. The number of hydrogen-bond donors (Lipinski definition) is 0. The Labute approximate surface area is 46.6 Å². The van der Waals surface area contributed by atoms with Gasteiger partial charge >= 0.3 is 0 Å². The van der Waals surface area contributed by atoms with Gasteiger partial charge in [-0.25, -0.2) is 0 Å². The molecule has 0 heterocycles. The first kappa shape index (κ1) is 9.70. The van der Waals surface area contributed by atoms with Crippen molar-refractivity contribution in [1.82, 2.24) is 0 Å². The fraction of sp³-hybridized carbons (Fsp3) is 0.286. The minimum atomic E-state index is 1.56. The summed E-state index contributed by atoms with van der Waals surface area (Å²) in [6.07, 6.45) is 5.76. The molecule has 0 aliphatic carbocycles. The SMILES string of the molecule is CC.[CH2]C=[C]C=C. The largest absolute Gasteiger partial charge is 0.0985 e. The second-order valence-electron chi connectivity index (χ2n) is 0.575. The van der Waals surface area contributed by atoms with E-state index >= 15 is 0 Å². The molecule has 40 valence electrons. The van der Waals surface area contributed by atoms with Crippen LogP contribution in [-0.4, -0.2) is 0 Å². The van der Waals surface area contributed by atoms with Crippen molar-refractivity contribution in [3.05, 3.63) is 31.7 Å². The van der Waals surface area contributed by atoms with Gasteiger partial charge in [-0.2, -0.15) is 0 Å². The average molecular weight is 96.2 g/mol. The second kappa shape index (κ2) is 17.9. The van der Waals surface area contributed by atoms with Gasteiger partial charge in [-0.15, -0.1) is 0 Å². The third kappa shape index (κ3) is 30.3. The third-order valence-corrected chi connectivity index (χ3v) is 0.236. The van der Waals surface area contributed by atoms with Gasteiger partial charge in [-0.05, 0) is 13.0 Å². The molecule has 0 bridgehead atoms. The molecule has 0 aromatic heterocycles. The molecular weight excluding hydrogens is 84.1 g/mol. The normalized spacial score (nSPS) is 7.29. The molecular formula is C7H12. The van der Waals surface area contributed by atoms with Crippen molar-refractivity contribution in [3.63, 3.8) is 0 Å². The second-order valence-corrected chi connectivity index (χ2v) is 0.575. The molecule has 0 fully saturated rings. The first-order chi connectivity index (χ1) is 3.41. The lowest BCUT2D eigenvalue weighted by atomic mass is 10.5. The highest BCUT2D eigenvalue weighted by Crippen LogP contribution is 1.61. The van der Waals surface area contributed by atoms with Crippen molar-refractivity contribution in [3.8, 4) is 0 Å². The Hall–Kier alpha value is -0.520. The van der Waals surface area contributed by atoms with Crippen LogP contribution in [0.4, 0.5) is 0 Å². The van der Waals surface area contributed by atoms with Crippen LogP contribution in [0.1, 0.15) is 13.8 Å². The fourth-order valence-corrected chi connectivity index (χ4v) is 0.0833. The standard InChI is InChI=1S/C5H6.C2H6/c1-3-5-4-2;1-2/h3-4H,1-2H2;1-2H3. The Morgan fingerprint density at radius 1 is 1.43 bits per heavy atom. The van der Waals surface area contributed by atoms with Gasteiger partial charge in [0.25, 0.3) is 0 Å². The number of rotatable bonds is 1. The monoisotopic (exact) mass is 96.1 g/mol. The summed E-state index contributed by atoms with van der Waals surface area (Å²) in [7, 11) is 0. The van der Waals surface area contributed by atoms with Crippen molar-refractivity contribution in [2.45, 2.75) is 13.8 Å². The minimum Gasteiger partial charge on any atom is -0.0985 e. The topological polar surface area (TPSA) is 0 Å². The molecule has 0 aliphatic heterocycles. The van der Waals surface area contributed by atoms with Crippen LogP contribution < -0.4 is 0 Å². The molecule has 0 unspecified atom stereocenters. The Kier molecular flexibility index (Phi) is 24.8. The maximum Gasteiger partial charge on any atom is -0.0233 e. The van der Waals surface area contributed by atoms with Crippen LogP contribution in [-0.2, 0) is 0 Å². The number of allylic oxidation sites excluding steroid dienone is 3. The molecule has 7 heavy (non-hydrogen) atoms. The van der Waals surface area contributed by atoms with E-state index in [1.165, 1.54) is 0 Å². The van der Waals surface area contributed by atoms with Gasteiger partial charge in [-0.1, -0.05) is 32.6 Å². The predicted molar refractivity (Wildman–Crippen MR) is 34.7 cm³/mol. The molecule has 0 saturated carbocycles. The van der Waals surface area contributed by atoms with E-state index in [1.54, 1.807) is 12.2 Å². The summed E-state index contributed by atoms with van der Waals surface area (Å²) >= 11 is 0. The summed E-state index contributed by atoms with van der Waals surface area (Å²) in [4.78, 5) is 0. The lowest BCUT2D eigenvalue weighted by Gasteiger charge is -1.54. The van der Waals surface area contributed by atoms with Gasteiger partial charge in [0.15, 0.2) is 0 Å². The van der Waals surface area contributed by atoms with Crippen molar-refractivity contribution in [1.29, 1.82) is 0 Å². The molecule has 0 N–H and O–H groups in total. The van der Waals surface area contributed by atoms with E-state index in [9.17, 15) is 0 Å². The Morgan fingerprint density at radius 3 is 1.86 bits per heavy atom. The summed E-state index contributed by atoms with van der Waals surface area (Å²) in [6, 6.07) is 0. The molecule has 0 aromatic carbocycles. The zero-order valence-electron chi connectivity index (χ0n) is 5.07. The van der Waals surface area contributed by atoms with Crippen LogP contribution in [0.15, 0.2) is 18.7 Å². The molecule has 0 aliphatic rings. The van der Waals surface area contributed by atoms with Gasteiger partial charge in [0.05, 0.1) is 0 Å². The van der Waals surface area contributed by atoms with Crippen molar-refractivity contribution < 1.29 is 0 Å². The molecule has 0 nitrogen and oxygen atoms in total. The van der Waals surface area contributed by atoms with E-state index in [1.807, 2.05) is 13.8 Å². The summed E-state index contributed by atoms with van der Waals surface area (Å²) < 4.78 is 0. The maximum absolute atomic E-state index is 3.37. The minimum absolute atomic E-state index is 1.56. The van der Waals surface area contributed by atoms with Crippen molar-refractivity contribution in [2.24, 2.45) is 0 Å². The van der Waals surface area contributed by atoms with E-state index in [-0.39, 0.29) is 0 Å². The molecule has 0 atom stereocenters. The molecule has 0 heteroatoms. The summed E-state index contributed by atoms with van der Waals surface area (Å²) in [5.41, 5.74) is 0. The Morgan fingerprint density at radius 2 is 1.86 bits per heavy atom. The summed E-state index contributed by atoms with van der Waals surface area (Å²) in [5, 5.41) is 0. The van der Waals surface area contributed by atoms with Gasteiger partial charge in [0.2, 0.25) is 0 Å². The average Bonchev–Trinajstić information content (AvgIpc) is 1.75. The van der Waals surface area contributed by atoms with Crippen molar-refractivity contribution in [2.75, 3.05) is 0 Å². The van der Waals surface area contributed by atoms with E-state index in [4.69, 9.17) is 0 Å². The van der Waals surface area contributed by atoms with E-state index in [0.29, 0.717) is 0 Å². The predicted octanol–water partition coefficient (Wildman–Crippen LogP) is 2.39. The van der Waals surface area contributed by atoms with Gasteiger partial charge in [-0.3, -0.25) is 0 Å². The van der Waals surface area contributed by atoms with Crippen molar-refractivity contribution >= 4 is 0 Å². The van der Waals surface area contributed by atoms with Gasteiger partial charge < -0.3 is 0 Å². The van der Waals surface area contributed by atoms with E-state index in [2.05, 4.69) is 19.6 Å². The van der Waals surface area contributed by atoms with Crippen LogP contribution in [0.3, 0.4) is 0 Å². The summed E-state index contributed by atoms with van der Waals surface area (Å²) in [5.74, 6) is 0. The quantitative estimate of drug-likeness (QED) is 0.440. The van der Waals surface area contributed by atoms with Gasteiger partial charge in [0, 0.05) is 0 Å². The maximum atomic E-state index is 3.37. The van der Waals surface area contributed by atoms with Gasteiger partial charge in [0.1, 0.15) is 0 Å². The highest BCUT2D eigenvalue weighted by molar-refractivity contribution is 4.89. The van der Waals surface area contributed by atoms with Crippen LogP contribution >= 0.6 is 0 Å². The highest BCUT2D eigenvalue weighted by Gasteiger charge is 1.44. The van der Waals surface area contributed by atoms with Crippen LogP contribution in [0.25, 0.3) is 0 Å². The molecule has 2 radical (unpaired) electrons. The fourth-order valence-electron chi connectivity index (χ4n) is 0.0833. The zero-order valence-corrected chi connectivity index (χ0v) is 5.07. The first-order valence-corrected chi connectivity index (χ1v) is 2.39. The van der Waals surface area contributed by atoms with E-state index < -0.39 is 0 Å². The summed E-state index contributed by atoms with van der Waals surface area (Å²) in [6.45, 7) is 10.7. The number of hydrogen-bond acceptors (Lipinski definition) is 0.